The van der Waals surface area contributed by atoms with Crippen molar-refractivity contribution in [2.75, 3.05) is 0 Å². The smallest absolute Gasteiger partial charge is 0.318 e. The monoisotopic (exact) mass is 371 g/mol. The molecule has 0 bridgehead atoms. The molecular formula is C20H29N5O2. The van der Waals surface area contributed by atoms with Crippen LogP contribution in [0.2, 0.25) is 0 Å². The van der Waals surface area contributed by atoms with Crippen molar-refractivity contribution in [2.45, 2.75) is 77.4 Å². The molecule has 7 heteroatoms. The van der Waals surface area contributed by atoms with Crippen LogP contribution in [0.5, 0.6) is 0 Å². The Morgan fingerprint density at radius 3 is 2.67 bits per heavy atom. The molecule has 0 aliphatic heterocycles. The molecule has 2 amide bonds. The molecule has 0 unspecified atom stereocenters. The zero-order valence-electron chi connectivity index (χ0n) is 16.4. The summed E-state index contributed by atoms with van der Waals surface area (Å²) in [4.78, 5) is 23.8. The first-order chi connectivity index (χ1) is 13.0. The van der Waals surface area contributed by atoms with Crippen LogP contribution in [-0.2, 0) is 6.54 Å². The van der Waals surface area contributed by atoms with Crippen LogP contribution >= 0.6 is 0 Å². The highest BCUT2D eigenvalue weighted by molar-refractivity contribution is 5.75. The first-order valence-corrected chi connectivity index (χ1v) is 9.85. The zero-order chi connectivity index (χ0) is 19.2. The molecule has 1 saturated carbocycles. The number of hydrogen-bond donors (Lipinski definition) is 1. The molecule has 2 heterocycles. The molecule has 1 atom stereocenters. The normalized spacial score (nSPS) is 16.3. The van der Waals surface area contributed by atoms with E-state index in [1.54, 1.807) is 6.20 Å². The number of hydrogen-bond acceptors (Lipinski definition) is 5. The maximum atomic E-state index is 13.1. The molecule has 1 N–H and O–H groups in total. The van der Waals surface area contributed by atoms with Gasteiger partial charge in [-0.05, 0) is 31.9 Å². The summed E-state index contributed by atoms with van der Waals surface area (Å²) in [5.41, 5.74) is 0.894. The van der Waals surface area contributed by atoms with Crippen molar-refractivity contribution >= 4 is 6.03 Å². The van der Waals surface area contributed by atoms with E-state index in [-0.39, 0.29) is 24.0 Å². The van der Waals surface area contributed by atoms with Gasteiger partial charge in [0.15, 0.2) is 5.82 Å². The van der Waals surface area contributed by atoms with Crippen molar-refractivity contribution in [1.82, 2.24) is 25.3 Å². The van der Waals surface area contributed by atoms with E-state index in [0.717, 1.165) is 31.4 Å². The van der Waals surface area contributed by atoms with Crippen LogP contribution in [-0.4, -0.2) is 32.1 Å². The lowest BCUT2D eigenvalue weighted by molar-refractivity contribution is 0.145. The molecule has 2 aromatic rings. The number of pyridine rings is 1. The lowest BCUT2D eigenvalue weighted by atomic mass is 9.94. The Hall–Kier alpha value is -2.44. The number of nitrogens with one attached hydrogen (secondary N) is 1. The van der Waals surface area contributed by atoms with Gasteiger partial charge in [-0.15, -0.1) is 0 Å². The first kappa shape index (κ1) is 19.3. The third-order valence-corrected chi connectivity index (χ3v) is 5.02. The SMILES string of the molecule is CC(C)c1noc([C@@H](C)NC(=O)N(Cc2ccccn2)C2CCCCC2)n1. The first-order valence-electron chi connectivity index (χ1n) is 9.85. The van der Waals surface area contributed by atoms with Gasteiger partial charge in [-0.3, -0.25) is 4.98 Å². The van der Waals surface area contributed by atoms with Gasteiger partial charge in [0.2, 0.25) is 5.89 Å². The largest absolute Gasteiger partial charge is 0.337 e. The van der Waals surface area contributed by atoms with E-state index in [0.29, 0.717) is 18.3 Å². The Bertz CT molecular complexity index is 725. The molecule has 27 heavy (non-hydrogen) atoms. The number of nitrogens with zero attached hydrogens (tertiary/aromatic N) is 4. The highest BCUT2D eigenvalue weighted by Crippen LogP contribution is 2.24. The number of rotatable bonds is 6. The van der Waals surface area contributed by atoms with Gasteiger partial charge in [-0.1, -0.05) is 44.3 Å². The Morgan fingerprint density at radius 1 is 1.26 bits per heavy atom. The van der Waals surface area contributed by atoms with Gasteiger partial charge >= 0.3 is 6.03 Å². The molecule has 7 nitrogen and oxygen atoms in total. The molecule has 1 aliphatic rings. The minimum Gasteiger partial charge on any atom is -0.337 e. The van der Waals surface area contributed by atoms with Crippen LogP contribution in [0.15, 0.2) is 28.9 Å². The fraction of sp³-hybridized carbons (Fsp3) is 0.600. The van der Waals surface area contributed by atoms with E-state index in [9.17, 15) is 4.79 Å². The lowest BCUT2D eigenvalue weighted by Gasteiger charge is -2.34. The van der Waals surface area contributed by atoms with E-state index in [1.807, 2.05) is 43.9 Å². The van der Waals surface area contributed by atoms with E-state index in [1.165, 1.54) is 6.42 Å². The third kappa shape index (κ3) is 5.05. The summed E-state index contributed by atoms with van der Waals surface area (Å²) in [6, 6.07) is 5.59. The average Bonchev–Trinajstić information content (AvgIpc) is 3.18. The molecule has 0 radical (unpaired) electrons. The van der Waals surface area contributed by atoms with Gasteiger partial charge in [0.1, 0.15) is 6.04 Å². The minimum absolute atomic E-state index is 0.107. The number of urea groups is 1. The third-order valence-electron chi connectivity index (χ3n) is 5.02. The van der Waals surface area contributed by atoms with Gasteiger partial charge in [0.05, 0.1) is 12.2 Å². The van der Waals surface area contributed by atoms with Crippen LogP contribution in [0.3, 0.4) is 0 Å². The van der Waals surface area contributed by atoms with Crippen molar-refractivity contribution in [3.05, 3.63) is 41.8 Å². The van der Waals surface area contributed by atoms with Crippen LogP contribution < -0.4 is 5.32 Å². The summed E-state index contributed by atoms with van der Waals surface area (Å²) in [5, 5.41) is 7.01. The summed E-state index contributed by atoms with van der Waals surface area (Å²) < 4.78 is 5.33. The molecular weight excluding hydrogens is 342 g/mol. The average molecular weight is 371 g/mol. The molecule has 0 aromatic carbocycles. The lowest BCUT2D eigenvalue weighted by Crippen LogP contribution is -2.47. The van der Waals surface area contributed by atoms with Crippen molar-refractivity contribution in [3.63, 3.8) is 0 Å². The zero-order valence-corrected chi connectivity index (χ0v) is 16.4. The van der Waals surface area contributed by atoms with E-state index in [2.05, 4.69) is 20.4 Å². The molecule has 146 valence electrons. The molecule has 3 rings (SSSR count). The Morgan fingerprint density at radius 2 is 2.04 bits per heavy atom. The number of amides is 2. The standard InChI is InChI=1S/C20H29N5O2/c1-14(2)18-23-19(27-24-18)15(3)22-20(26)25(17-10-5-4-6-11-17)13-16-9-7-8-12-21-16/h7-9,12,14-15,17H,4-6,10-11,13H2,1-3H3,(H,22,26)/t15-/m1/s1. The van der Waals surface area contributed by atoms with Gasteiger partial charge in [-0.25, -0.2) is 4.79 Å². The molecule has 1 aliphatic carbocycles. The fourth-order valence-corrected chi connectivity index (χ4v) is 3.41. The number of aromatic nitrogens is 3. The molecule has 2 aromatic heterocycles. The summed E-state index contributed by atoms with van der Waals surface area (Å²) in [6.07, 6.45) is 7.40. The van der Waals surface area contributed by atoms with Crippen LogP contribution in [0, 0.1) is 0 Å². The van der Waals surface area contributed by atoms with E-state index >= 15 is 0 Å². The summed E-state index contributed by atoms with van der Waals surface area (Å²) in [5.74, 6) is 1.28. The molecule has 0 spiro atoms. The summed E-state index contributed by atoms with van der Waals surface area (Å²) in [6.45, 7) is 6.39. The second-order valence-electron chi connectivity index (χ2n) is 7.56. The van der Waals surface area contributed by atoms with Gasteiger partial charge in [-0.2, -0.15) is 4.98 Å². The Kier molecular flexibility index (Phi) is 6.42. The van der Waals surface area contributed by atoms with Crippen molar-refractivity contribution in [1.29, 1.82) is 0 Å². The van der Waals surface area contributed by atoms with E-state index < -0.39 is 0 Å². The van der Waals surface area contributed by atoms with Crippen LogP contribution in [0.4, 0.5) is 4.79 Å². The predicted molar refractivity (Wildman–Crippen MR) is 102 cm³/mol. The van der Waals surface area contributed by atoms with E-state index in [4.69, 9.17) is 4.52 Å². The summed E-state index contributed by atoms with van der Waals surface area (Å²) in [7, 11) is 0. The molecule has 1 fully saturated rings. The summed E-state index contributed by atoms with van der Waals surface area (Å²) >= 11 is 0. The number of carbonyl (C=O) groups is 1. The Labute approximate surface area is 160 Å². The molecule has 0 saturated heterocycles. The van der Waals surface area contributed by atoms with Gasteiger partial charge < -0.3 is 14.7 Å². The predicted octanol–water partition coefficient (Wildman–Crippen LogP) is 4.19. The highest BCUT2D eigenvalue weighted by atomic mass is 16.5. The highest BCUT2D eigenvalue weighted by Gasteiger charge is 2.28. The maximum absolute atomic E-state index is 13.1. The quantitative estimate of drug-likeness (QED) is 0.823. The minimum atomic E-state index is -0.340. The number of carbonyl (C=O) groups excluding carboxylic acids is 1. The van der Waals surface area contributed by atoms with Gasteiger partial charge in [0.25, 0.3) is 0 Å². The topological polar surface area (TPSA) is 84.2 Å². The second-order valence-corrected chi connectivity index (χ2v) is 7.56. The maximum Gasteiger partial charge on any atom is 0.318 e. The second kappa shape index (κ2) is 8.97. The van der Waals surface area contributed by atoms with Crippen molar-refractivity contribution in [3.8, 4) is 0 Å². The Balaban J connectivity index is 1.71. The van der Waals surface area contributed by atoms with Gasteiger partial charge in [0, 0.05) is 18.2 Å². The fourth-order valence-electron chi connectivity index (χ4n) is 3.41. The van der Waals surface area contributed by atoms with Crippen molar-refractivity contribution in [2.24, 2.45) is 0 Å². The van der Waals surface area contributed by atoms with Crippen molar-refractivity contribution < 1.29 is 9.32 Å². The van der Waals surface area contributed by atoms with Crippen LogP contribution in [0.1, 0.15) is 82.2 Å². The van der Waals surface area contributed by atoms with Crippen LogP contribution in [0.25, 0.3) is 0 Å².